The minimum atomic E-state index is -4.96. The molecule has 0 unspecified atom stereocenters. The molecule has 1 N–H and O–H groups in total. The highest BCUT2D eigenvalue weighted by Gasteiger charge is 2.47. The lowest BCUT2D eigenvalue weighted by molar-refractivity contribution is -0.143. The third-order valence-electron chi connectivity index (χ3n) is 6.82. The van der Waals surface area contributed by atoms with Crippen LogP contribution < -0.4 is 0 Å². The van der Waals surface area contributed by atoms with Gasteiger partial charge in [-0.1, -0.05) is 12.1 Å². The van der Waals surface area contributed by atoms with Crippen molar-refractivity contribution in [2.45, 2.75) is 37.2 Å². The molecule has 1 amide bonds. The standard InChI is InChI=1S/C25H22F7NO3/c26-19-4-1-15(2-5-19)22-20-13-33(23(34)35)12-16(20)3-6-21(22)36-8-7-14-9-17(24(27,28)29)11-18(10-14)25(30,31)32/h1-2,4-5,7-11,16,20-22H,3,6,12-13H2,(H,34,35)/t16-,20+,21-,22-/m0/s1. The van der Waals surface area contributed by atoms with Crippen LogP contribution in [0.3, 0.4) is 0 Å². The minimum Gasteiger partial charge on any atom is -0.497 e. The summed E-state index contributed by atoms with van der Waals surface area (Å²) in [5.74, 6) is -0.875. The normalized spacial score (nSPS) is 24.7. The van der Waals surface area contributed by atoms with E-state index in [1.54, 1.807) is 12.1 Å². The Morgan fingerprint density at radius 3 is 2.11 bits per heavy atom. The van der Waals surface area contributed by atoms with E-state index in [9.17, 15) is 40.6 Å². The first-order chi connectivity index (χ1) is 16.8. The molecule has 0 bridgehead atoms. The van der Waals surface area contributed by atoms with Crippen LogP contribution in [-0.2, 0) is 17.1 Å². The number of carbonyl (C=O) groups is 1. The predicted molar refractivity (Wildman–Crippen MR) is 115 cm³/mol. The lowest BCUT2D eigenvalue weighted by Crippen LogP contribution is -2.37. The van der Waals surface area contributed by atoms with Crippen molar-refractivity contribution < 1.29 is 45.4 Å². The number of hydrogen-bond acceptors (Lipinski definition) is 2. The van der Waals surface area contributed by atoms with Gasteiger partial charge in [0.2, 0.25) is 0 Å². The molecule has 4 nitrogen and oxygen atoms in total. The molecular weight excluding hydrogens is 495 g/mol. The van der Waals surface area contributed by atoms with Gasteiger partial charge in [0.1, 0.15) is 11.9 Å². The Kier molecular flexibility index (Phi) is 6.94. The average Bonchev–Trinajstić information content (AvgIpc) is 3.23. The first-order valence-electron chi connectivity index (χ1n) is 11.2. The summed E-state index contributed by atoms with van der Waals surface area (Å²) < 4.78 is 98.2. The fourth-order valence-corrected chi connectivity index (χ4v) is 5.19. The van der Waals surface area contributed by atoms with Gasteiger partial charge in [0.05, 0.1) is 17.4 Å². The number of ether oxygens (including phenoxy) is 1. The summed E-state index contributed by atoms with van der Waals surface area (Å²) in [4.78, 5) is 12.8. The first kappa shape index (κ1) is 25.8. The number of fused-ring (bicyclic) bond motifs is 1. The highest BCUT2D eigenvalue weighted by atomic mass is 19.4. The summed E-state index contributed by atoms with van der Waals surface area (Å²) in [5, 5.41) is 9.42. The maximum atomic E-state index is 13.5. The van der Waals surface area contributed by atoms with E-state index in [4.69, 9.17) is 4.74 Å². The number of carboxylic acid groups (broad SMARTS) is 1. The monoisotopic (exact) mass is 517 g/mol. The highest BCUT2D eigenvalue weighted by molar-refractivity contribution is 5.65. The van der Waals surface area contributed by atoms with Gasteiger partial charge in [0.25, 0.3) is 0 Å². The molecule has 2 fully saturated rings. The summed E-state index contributed by atoms with van der Waals surface area (Å²) in [7, 11) is 0. The Balaban J connectivity index is 1.60. The summed E-state index contributed by atoms with van der Waals surface area (Å²) in [6, 6.07) is 6.96. The van der Waals surface area contributed by atoms with Gasteiger partial charge in [-0.2, -0.15) is 26.3 Å². The van der Waals surface area contributed by atoms with Gasteiger partial charge in [-0.25, -0.2) is 9.18 Å². The summed E-state index contributed by atoms with van der Waals surface area (Å²) in [6.45, 7) is 0.596. The zero-order valence-electron chi connectivity index (χ0n) is 18.7. The van der Waals surface area contributed by atoms with Crippen molar-refractivity contribution in [3.63, 3.8) is 0 Å². The van der Waals surface area contributed by atoms with Crippen LogP contribution in [0.1, 0.15) is 41.0 Å². The van der Waals surface area contributed by atoms with Crippen LogP contribution in [0.4, 0.5) is 35.5 Å². The smallest absolute Gasteiger partial charge is 0.416 e. The van der Waals surface area contributed by atoms with E-state index in [0.717, 1.165) is 17.9 Å². The number of alkyl halides is 6. The van der Waals surface area contributed by atoms with Crippen LogP contribution in [0, 0.1) is 17.7 Å². The highest BCUT2D eigenvalue weighted by Crippen LogP contribution is 2.47. The van der Waals surface area contributed by atoms with E-state index in [2.05, 4.69) is 0 Å². The Morgan fingerprint density at radius 1 is 0.944 bits per heavy atom. The zero-order valence-corrected chi connectivity index (χ0v) is 18.7. The van der Waals surface area contributed by atoms with Gasteiger partial charge in [-0.05, 0) is 72.2 Å². The molecule has 0 radical (unpaired) electrons. The zero-order chi connectivity index (χ0) is 26.3. The lowest BCUT2D eigenvalue weighted by Gasteiger charge is -2.39. The van der Waals surface area contributed by atoms with Gasteiger partial charge in [0.15, 0.2) is 0 Å². The largest absolute Gasteiger partial charge is 0.497 e. The van der Waals surface area contributed by atoms with Crippen molar-refractivity contribution in [2.75, 3.05) is 13.1 Å². The molecule has 1 saturated heterocycles. The van der Waals surface area contributed by atoms with E-state index < -0.39 is 41.5 Å². The molecule has 0 aromatic heterocycles. The van der Waals surface area contributed by atoms with E-state index in [1.165, 1.54) is 17.0 Å². The number of benzene rings is 2. The number of halogens is 7. The number of rotatable bonds is 4. The molecule has 194 valence electrons. The Labute approximate surface area is 202 Å². The Morgan fingerprint density at radius 2 is 1.56 bits per heavy atom. The van der Waals surface area contributed by atoms with Gasteiger partial charge < -0.3 is 14.7 Å². The van der Waals surface area contributed by atoms with E-state index in [0.29, 0.717) is 31.5 Å². The molecule has 2 aromatic rings. The summed E-state index contributed by atoms with van der Waals surface area (Å²) in [6.07, 6.45) is -8.29. The molecule has 1 saturated carbocycles. The van der Waals surface area contributed by atoms with Crippen LogP contribution in [0.2, 0.25) is 0 Å². The maximum absolute atomic E-state index is 13.5. The molecule has 4 rings (SSSR count). The molecule has 0 spiro atoms. The first-order valence-corrected chi connectivity index (χ1v) is 11.2. The molecule has 4 atom stereocenters. The molecule has 2 aromatic carbocycles. The number of nitrogens with zero attached hydrogens (tertiary/aromatic N) is 1. The van der Waals surface area contributed by atoms with E-state index in [-0.39, 0.29) is 35.9 Å². The van der Waals surface area contributed by atoms with Crippen molar-refractivity contribution in [3.8, 4) is 0 Å². The van der Waals surface area contributed by atoms with Crippen LogP contribution in [0.15, 0.2) is 48.7 Å². The van der Waals surface area contributed by atoms with Gasteiger partial charge in [-0.15, -0.1) is 0 Å². The number of amides is 1. The third-order valence-corrected chi connectivity index (χ3v) is 6.82. The average molecular weight is 517 g/mol. The van der Waals surface area contributed by atoms with Gasteiger partial charge in [0, 0.05) is 19.0 Å². The molecule has 1 aliphatic heterocycles. The van der Waals surface area contributed by atoms with Crippen LogP contribution in [0.5, 0.6) is 0 Å². The van der Waals surface area contributed by atoms with Crippen molar-refractivity contribution in [1.82, 2.24) is 4.90 Å². The molecule has 11 heteroatoms. The second-order valence-corrected chi connectivity index (χ2v) is 9.08. The van der Waals surface area contributed by atoms with Crippen molar-refractivity contribution in [1.29, 1.82) is 0 Å². The van der Waals surface area contributed by atoms with Crippen molar-refractivity contribution in [3.05, 3.63) is 76.8 Å². The molecule has 1 aliphatic carbocycles. The van der Waals surface area contributed by atoms with Crippen LogP contribution in [-0.4, -0.2) is 35.3 Å². The molecule has 1 heterocycles. The summed E-state index contributed by atoms with van der Waals surface area (Å²) >= 11 is 0. The van der Waals surface area contributed by atoms with Gasteiger partial charge in [-0.3, -0.25) is 0 Å². The lowest BCUT2D eigenvalue weighted by atomic mass is 9.69. The number of likely N-dealkylation sites (tertiary alicyclic amines) is 1. The Bertz CT molecular complexity index is 1100. The van der Waals surface area contributed by atoms with E-state index >= 15 is 0 Å². The molecule has 2 aliphatic rings. The van der Waals surface area contributed by atoms with Gasteiger partial charge >= 0.3 is 18.4 Å². The fourth-order valence-electron chi connectivity index (χ4n) is 5.19. The third kappa shape index (κ3) is 5.60. The van der Waals surface area contributed by atoms with E-state index in [1.807, 2.05) is 0 Å². The predicted octanol–water partition coefficient (Wildman–Crippen LogP) is 7.02. The van der Waals surface area contributed by atoms with Crippen LogP contribution >= 0.6 is 0 Å². The molecular formula is C25H22F7NO3. The Hall–Kier alpha value is -3.24. The quantitative estimate of drug-likeness (QED) is 0.350. The second kappa shape index (κ2) is 9.67. The second-order valence-electron chi connectivity index (χ2n) is 9.08. The topological polar surface area (TPSA) is 49.8 Å². The van der Waals surface area contributed by atoms with Crippen molar-refractivity contribution in [2.24, 2.45) is 11.8 Å². The van der Waals surface area contributed by atoms with Crippen molar-refractivity contribution >= 4 is 12.2 Å². The van der Waals surface area contributed by atoms with Crippen LogP contribution in [0.25, 0.3) is 6.08 Å². The minimum absolute atomic E-state index is 0.0535. The SMILES string of the molecule is O=C(O)N1C[C@@H]2CC[C@H](OC=Cc3cc(C(F)(F)F)cc(C(F)(F)F)c3)[C@@H](c3ccc(F)cc3)[C@@H]2C1. The molecule has 36 heavy (non-hydrogen) atoms. The fraction of sp³-hybridized carbons (Fsp3) is 0.400. The number of hydrogen-bond donors (Lipinski definition) is 1. The summed E-state index contributed by atoms with van der Waals surface area (Å²) in [5.41, 5.74) is -2.47. The maximum Gasteiger partial charge on any atom is 0.416 e.